The monoisotopic (exact) mass is 369 g/mol. The van der Waals surface area contributed by atoms with Crippen molar-refractivity contribution in [2.24, 2.45) is 0 Å². The average Bonchev–Trinajstić information content (AvgIpc) is 2.60. The number of ether oxygens (including phenoxy) is 1. The van der Waals surface area contributed by atoms with Crippen LogP contribution in [0.1, 0.15) is 20.7 Å². The van der Waals surface area contributed by atoms with Gasteiger partial charge in [0.2, 0.25) is 10.0 Å². The summed E-state index contributed by atoms with van der Waals surface area (Å²) >= 11 is 0. The first-order valence-corrected chi connectivity index (χ1v) is 8.42. The van der Waals surface area contributed by atoms with Crippen molar-refractivity contribution in [3.63, 3.8) is 0 Å². The van der Waals surface area contributed by atoms with Gasteiger partial charge in [0, 0.05) is 5.56 Å². The van der Waals surface area contributed by atoms with Gasteiger partial charge in [-0.1, -0.05) is 0 Å². The smallest absolute Gasteiger partial charge is 0.341 e. The molecule has 0 saturated carbocycles. The van der Waals surface area contributed by atoms with Crippen LogP contribution in [0, 0.1) is 11.6 Å². The van der Waals surface area contributed by atoms with E-state index in [4.69, 9.17) is 4.74 Å². The maximum absolute atomic E-state index is 13.8. The van der Waals surface area contributed by atoms with Crippen LogP contribution in [0.15, 0.2) is 47.4 Å². The molecular weight excluding hydrogens is 356 g/mol. The molecule has 0 bridgehead atoms. The quantitative estimate of drug-likeness (QED) is 0.621. The Kier molecular flexibility index (Phi) is 5.60. The zero-order chi connectivity index (χ0) is 18.6. The minimum atomic E-state index is -3.88. The van der Waals surface area contributed by atoms with E-state index in [0.717, 1.165) is 37.4 Å². The number of sulfonamides is 1. The van der Waals surface area contributed by atoms with Gasteiger partial charge in [0.15, 0.2) is 12.4 Å². The molecule has 0 saturated heterocycles. The van der Waals surface area contributed by atoms with Crippen molar-refractivity contribution < 1.29 is 31.5 Å². The summed E-state index contributed by atoms with van der Waals surface area (Å²) in [5.41, 5.74) is -0.510. The van der Waals surface area contributed by atoms with Crippen molar-refractivity contribution in [1.29, 1.82) is 0 Å². The Morgan fingerprint density at radius 3 is 2.32 bits per heavy atom. The van der Waals surface area contributed by atoms with Crippen molar-refractivity contribution in [3.8, 4) is 0 Å². The third-order valence-corrected chi connectivity index (χ3v) is 4.65. The van der Waals surface area contributed by atoms with Crippen molar-refractivity contribution >= 4 is 21.8 Å². The lowest BCUT2D eigenvalue weighted by Crippen LogP contribution is -2.20. The molecule has 0 amide bonds. The van der Waals surface area contributed by atoms with Gasteiger partial charge < -0.3 is 4.74 Å². The van der Waals surface area contributed by atoms with Crippen molar-refractivity contribution in [3.05, 3.63) is 65.2 Å². The Hall–Kier alpha value is -2.65. The fourth-order valence-corrected chi connectivity index (χ4v) is 2.63. The molecule has 0 aliphatic heterocycles. The molecule has 0 fully saturated rings. The van der Waals surface area contributed by atoms with Crippen LogP contribution in [0.25, 0.3) is 0 Å². The van der Waals surface area contributed by atoms with E-state index in [0.29, 0.717) is 0 Å². The maximum Gasteiger partial charge on any atom is 0.341 e. The number of carbonyl (C=O) groups excluding carboxylic acids is 2. The van der Waals surface area contributed by atoms with Crippen LogP contribution < -0.4 is 4.72 Å². The molecule has 0 atom stereocenters. The van der Waals surface area contributed by atoms with Crippen molar-refractivity contribution in [2.75, 3.05) is 13.7 Å². The van der Waals surface area contributed by atoms with Crippen LogP contribution in [-0.4, -0.2) is 33.8 Å². The topological polar surface area (TPSA) is 89.5 Å². The number of hydrogen-bond donors (Lipinski definition) is 1. The number of Topliss-reactive ketones (excluding diaryl/α,β-unsaturated/α-hetero) is 1. The summed E-state index contributed by atoms with van der Waals surface area (Å²) in [7, 11) is -2.71. The highest BCUT2D eigenvalue weighted by Gasteiger charge is 2.20. The Morgan fingerprint density at radius 2 is 1.72 bits per heavy atom. The van der Waals surface area contributed by atoms with Crippen LogP contribution in [0.4, 0.5) is 8.78 Å². The zero-order valence-electron chi connectivity index (χ0n) is 13.0. The van der Waals surface area contributed by atoms with Crippen molar-refractivity contribution in [2.45, 2.75) is 4.90 Å². The molecular formula is C16H13F2NO5S. The van der Waals surface area contributed by atoms with Gasteiger partial charge in [-0.2, -0.15) is 0 Å². The van der Waals surface area contributed by atoms with E-state index in [9.17, 15) is 26.8 Å². The minimum Gasteiger partial charge on any atom is -0.454 e. The maximum atomic E-state index is 13.8. The molecule has 6 nitrogen and oxygen atoms in total. The highest BCUT2D eigenvalue weighted by atomic mass is 32.2. The first-order chi connectivity index (χ1) is 11.7. The Labute approximate surface area is 142 Å². The fourth-order valence-electron chi connectivity index (χ4n) is 1.87. The van der Waals surface area contributed by atoms with Gasteiger partial charge in [-0.05, 0) is 49.5 Å². The van der Waals surface area contributed by atoms with Gasteiger partial charge in [-0.15, -0.1) is 0 Å². The van der Waals surface area contributed by atoms with Crippen LogP contribution in [0.5, 0.6) is 0 Å². The third kappa shape index (κ3) is 4.46. The summed E-state index contributed by atoms with van der Waals surface area (Å²) in [6.07, 6.45) is 0. The molecule has 0 radical (unpaired) electrons. The summed E-state index contributed by atoms with van der Waals surface area (Å²) in [4.78, 5) is 23.5. The van der Waals surface area contributed by atoms with Crippen LogP contribution >= 0.6 is 0 Å². The minimum absolute atomic E-state index is 0.112. The number of nitrogens with one attached hydrogen (secondary N) is 1. The van der Waals surface area contributed by atoms with E-state index in [1.807, 2.05) is 4.72 Å². The SMILES string of the molecule is CNS(=O)(=O)c1ccc(F)c(C(=O)OCC(=O)c2ccc(F)cc2)c1. The molecule has 0 aliphatic rings. The van der Waals surface area contributed by atoms with Crippen LogP contribution in [-0.2, 0) is 14.8 Å². The van der Waals surface area contributed by atoms with E-state index in [-0.39, 0.29) is 10.5 Å². The highest BCUT2D eigenvalue weighted by Crippen LogP contribution is 2.16. The predicted octanol–water partition coefficient (Wildman–Crippen LogP) is 1.91. The average molecular weight is 369 g/mol. The summed E-state index contributed by atoms with van der Waals surface area (Å²) in [6.45, 7) is -0.701. The number of rotatable bonds is 6. The molecule has 0 aliphatic carbocycles. The molecule has 9 heteroatoms. The number of ketones is 1. The third-order valence-electron chi connectivity index (χ3n) is 3.24. The van der Waals surface area contributed by atoms with E-state index in [1.165, 1.54) is 12.1 Å². The molecule has 132 valence electrons. The van der Waals surface area contributed by atoms with E-state index >= 15 is 0 Å². The normalized spacial score (nSPS) is 11.2. The van der Waals surface area contributed by atoms with Gasteiger partial charge in [0.25, 0.3) is 0 Å². The number of carbonyl (C=O) groups is 2. The molecule has 2 aromatic rings. The van der Waals surface area contributed by atoms with E-state index in [2.05, 4.69) is 0 Å². The molecule has 25 heavy (non-hydrogen) atoms. The lowest BCUT2D eigenvalue weighted by Gasteiger charge is -2.08. The number of hydrogen-bond acceptors (Lipinski definition) is 5. The lowest BCUT2D eigenvalue weighted by atomic mass is 10.1. The van der Waals surface area contributed by atoms with Crippen LogP contribution in [0.2, 0.25) is 0 Å². The molecule has 0 heterocycles. The molecule has 1 N–H and O–H groups in total. The van der Waals surface area contributed by atoms with Crippen LogP contribution in [0.3, 0.4) is 0 Å². The van der Waals surface area contributed by atoms with Gasteiger partial charge in [-0.25, -0.2) is 26.7 Å². The van der Waals surface area contributed by atoms with Gasteiger partial charge in [0.1, 0.15) is 11.6 Å². The number of halogens is 2. The second kappa shape index (κ2) is 7.49. The summed E-state index contributed by atoms with van der Waals surface area (Å²) < 4.78 is 56.7. The number of esters is 1. The molecule has 2 aromatic carbocycles. The standard InChI is InChI=1S/C16H13F2NO5S/c1-19-25(22,23)12-6-7-14(18)13(8-12)16(21)24-9-15(20)10-2-4-11(17)5-3-10/h2-8,19H,9H2,1H3. The van der Waals surface area contributed by atoms with Gasteiger partial charge >= 0.3 is 5.97 Å². The summed E-state index contributed by atoms with van der Waals surface area (Å²) in [5.74, 6) is -3.33. The van der Waals surface area contributed by atoms with Gasteiger partial charge in [-0.3, -0.25) is 4.79 Å². The Balaban J connectivity index is 2.14. The zero-order valence-corrected chi connectivity index (χ0v) is 13.8. The fraction of sp³-hybridized carbons (Fsp3) is 0.125. The van der Waals surface area contributed by atoms with E-state index < -0.39 is 45.6 Å². The first kappa shape index (κ1) is 18.7. The molecule has 0 spiro atoms. The van der Waals surface area contributed by atoms with E-state index in [1.54, 1.807) is 0 Å². The Bertz CT molecular complexity index is 911. The molecule has 2 rings (SSSR count). The lowest BCUT2D eigenvalue weighted by molar-refractivity contribution is 0.0470. The molecule has 0 unspecified atom stereocenters. The van der Waals surface area contributed by atoms with Gasteiger partial charge in [0.05, 0.1) is 10.5 Å². The number of benzene rings is 2. The second-order valence-electron chi connectivity index (χ2n) is 4.86. The molecule has 0 aromatic heterocycles. The first-order valence-electron chi connectivity index (χ1n) is 6.93. The summed E-state index contributed by atoms with van der Waals surface area (Å²) in [5, 5.41) is 0. The predicted molar refractivity (Wildman–Crippen MR) is 83.7 cm³/mol. The Morgan fingerprint density at radius 1 is 1.08 bits per heavy atom. The largest absolute Gasteiger partial charge is 0.454 e. The van der Waals surface area contributed by atoms with Crippen molar-refractivity contribution in [1.82, 2.24) is 4.72 Å². The second-order valence-corrected chi connectivity index (χ2v) is 6.74. The summed E-state index contributed by atoms with van der Waals surface area (Å²) in [6, 6.07) is 7.18. The highest BCUT2D eigenvalue weighted by molar-refractivity contribution is 7.89.